The lowest BCUT2D eigenvalue weighted by atomic mass is 10.1. The predicted octanol–water partition coefficient (Wildman–Crippen LogP) is 3.13. The van der Waals surface area contributed by atoms with Crippen molar-refractivity contribution in [3.8, 4) is 0 Å². The molecule has 0 aromatic carbocycles. The first-order valence-electron chi connectivity index (χ1n) is 9.31. The Morgan fingerprint density at radius 1 is 1.07 bits per heavy atom. The highest BCUT2D eigenvalue weighted by atomic mass is 15.3. The molecule has 1 aliphatic rings. The van der Waals surface area contributed by atoms with Gasteiger partial charge in [0.1, 0.15) is 5.65 Å². The van der Waals surface area contributed by atoms with Gasteiger partial charge in [0.25, 0.3) is 0 Å². The minimum atomic E-state index is 0.756. The van der Waals surface area contributed by atoms with E-state index in [1.54, 1.807) is 0 Å². The van der Waals surface area contributed by atoms with Gasteiger partial charge in [0.05, 0.1) is 22.8 Å². The molecule has 0 saturated heterocycles. The van der Waals surface area contributed by atoms with E-state index in [0.717, 1.165) is 65.6 Å². The highest BCUT2D eigenvalue weighted by Gasteiger charge is 2.17. The SMILES string of the molecule is Cc1ncc(C)n2nc(CCc3nc4c5c(ccn4c3C)N=CCC5)nc12. The summed E-state index contributed by atoms with van der Waals surface area (Å²) in [4.78, 5) is 18.5. The molecule has 0 N–H and O–H groups in total. The molecule has 7 heteroatoms. The van der Waals surface area contributed by atoms with Crippen molar-refractivity contribution in [3.63, 3.8) is 0 Å². The van der Waals surface area contributed by atoms with Crippen LogP contribution in [-0.4, -0.2) is 35.2 Å². The van der Waals surface area contributed by atoms with Crippen LogP contribution in [0, 0.1) is 20.8 Å². The van der Waals surface area contributed by atoms with Gasteiger partial charge in [-0.25, -0.2) is 14.5 Å². The summed E-state index contributed by atoms with van der Waals surface area (Å²) >= 11 is 0. The zero-order valence-corrected chi connectivity index (χ0v) is 15.8. The minimum Gasteiger partial charge on any atom is -0.304 e. The van der Waals surface area contributed by atoms with Crippen molar-refractivity contribution >= 4 is 23.2 Å². The van der Waals surface area contributed by atoms with Gasteiger partial charge in [-0.15, -0.1) is 0 Å². The van der Waals surface area contributed by atoms with Crippen LogP contribution in [0.25, 0.3) is 11.3 Å². The fraction of sp³-hybridized carbons (Fsp3) is 0.350. The molecule has 0 fully saturated rings. The van der Waals surface area contributed by atoms with E-state index in [1.165, 1.54) is 11.3 Å². The van der Waals surface area contributed by atoms with Crippen molar-refractivity contribution < 1.29 is 0 Å². The number of pyridine rings is 1. The molecule has 27 heavy (non-hydrogen) atoms. The first kappa shape index (κ1) is 16.1. The molecule has 5 heterocycles. The van der Waals surface area contributed by atoms with Crippen molar-refractivity contribution in [2.75, 3.05) is 0 Å². The molecule has 0 bridgehead atoms. The van der Waals surface area contributed by atoms with Gasteiger partial charge in [0.2, 0.25) is 0 Å². The number of rotatable bonds is 3. The third-order valence-electron chi connectivity index (χ3n) is 5.30. The predicted molar refractivity (Wildman–Crippen MR) is 104 cm³/mol. The van der Waals surface area contributed by atoms with Crippen molar-refractivity contribution in [3.05, 3.63) is 52.6 Å². The molecule has 5 rings (SSSR count). The summed E-state index contributed by atoms with van der Waals surface area (Å²) < 4.78 is 4.06. The van der Waals surface area contributed by atoms with Crippen LogP contribution in [0.4, 0.5) is 5.69 Å². The van der Waals surface area contributed by atoms with Gasteiger partial charge >= 0.3 is 0 Å². The summed E-state index contributed by atoms with van der Waals surface area (Å²) in [7, 11) is 0. The number of nitrogens with zero attached hydrogens (tertiary/aromatic N) is 7. The van der Waals surface area contributed by atoms with E-state index in [-0.39, 0.29) is 0 Å². The van der Waals surface area contributed by atoms with E-state index in [0.29, 0.717) is 0 Å². The molecule has 0 unspecified atom stereocenters. The van der Waals surface area contributed by atoms with Gasteiger partial charge in [-0.1, -0.05) is 0 Å². The molecular weight excluding hydrogens is 338 g/mol. The first-order chi connectivity index (χ1) is 13.1. The van der Waals surface area contributed by atoms with Gasteiger partial charge in [-0.05, 0) is 46.1 Å². The number of fused-ring (bicyclic) bond motifs is 4. The normalized spacial score (nSPS) is 13.6. The van der Waals surface area contributed by atoms with Crippen LogP contribution in [0.1, 0.15) is 40.6 Å². The number of imidazole rings is 1. The lowest BCUT2D eigenvalue weighted by Gasteiger charge is -2.10. The number of hydrogen-bond donors (Lipinski definition) is 0. The molecule has 0 radical (unpaired) electrons. The van der Waals surface area contributed by atoms with E-state index >= 15 is 0 Å². The third kappa shape index (κ3) is 2.53. The lowest BCUT2D eigenvalue weighted by Crippen LogP contribution is -1.99. The Balaban J connectivity index is 1.49. The molecule has 7 nitrogen and oxygen atoms in total. The topological polar surface area (TPSA) is 72.7 Å². The fourth-order valence-corrected chi connectivity index (χ4v) is 3.76. The molecule has 0 spiro atoms. The van der Waals surface area contributed by atoms with Crippen LogP contribution in [0.2, 0.25) is 0 Å². The highest BCUT2D eigenvalue weighted by molar-refractivity contribution is 5.73. The van der Waals surface area contributed by atoms with Crippen molar-refractivity contribution in [1.29, 1.82) is 0 Å². The molecule has 0 aliphatic carbocycles. The molecule has 0 saturated carbocycles. The monoisotopic (exact) mass is 359 g/mol. The smallest absolute Gasteiger partial charge is 0.177 e. The van der Waals surface area contributed by atoms with Crippen molar-refractivity contribution in [2.45, 2.75) is 46.5 Å². The Labute approximate surface area is 156 Å². The molecular formula is C20H21N7. The summed E-state index contributed by atoms with van der Waals surface area (Å²) in [6.07, 6.45) is 9.44. The van der Waals surface area contributed by atoms with Crippen molar-refractivity contribution in [1.82, 2.24) is 29.0 Å². The number of aromatic nitrogens is 6. The Morgan fingerprint density at radius 2 is 1.96 bits per heavy atom. The van der Waals surface area contributed by atoms with E-state index < -0.39 is 0 Å². The summed E-state index contributed by atoms with van der Waals surface area (Å²) in [5.41, 5.74) is 8.34. The quantitative estimate of drug-likeness (QED) is 0.563. The fourth-order valence-electron chi connectivity index (χ4n) is 3.76. The molecule has 136 valence electrons. The van der Waals surface area contributed by atoms with E-state index in [4.69, 9.17) is 4.98 Å². The molecule has 0 amide bonds. The maximum absolute atomic E-state index is 4.94. The standard InChI is InChI=1S/C20H21N7/c1-12-11-22-13(2)19-24-18(25-27(12)19)7-6-16-14(3)26-10-8-17-15(20(26)23-16)5-4-9-21-17/h8-11H,4-7H2,1-3H3. The van der Waals surface area contributed by atoms with Crippen molar-refractivity contribution in [2.24, 2.45) is 4.99 Å². The van der Waals surface area contributed by atoms with Gasteiger partial charge in [-0.3, -0.25) is 9.98 Å². The first-order valence-corrected chi connectivity index (χ1v) is 9.31. The zero-order valence-electron chi connectivity index (χ0n) is 15.8. The van der Waals surface area contributed by atoms with Crippen LogP contribution < -0.4 is 0 Å². The zero-order chi connectivity index (χ0) is 18.5. The summed E-state index contributed by atoms with van der Waals surface area (Å²) in [6.45, 7) is 6.09. The second-order valence-corrected chi connectivity index (χ2v) is 7.12. The van der Waals surface area contributed by atoms with Crippen LogP contribution in [0.5, 0.6) is 0 Å². The Bertz CT molecular complexity index is 1170. The van der Waals surface area contributed by atoms with Crippen LogP contribution in [0.15, 0.2) is 23.5 Å². The third-order valence-corrected chi connectivity index (χ3v) is 5.30. The van der Waals surface area contributed by atoms with E-state index in [1.807, 2.05) is 30.8 Å². The highest BCUT2D eigenvalue weighted by Crippen LogP contribution is 2.29. The Hall–Kier alpha value is -3.09. The second kappa shape index (κ2) is 5.97. The van der Waals surface area contributed by atoms with Crippen LogP contribution >= 0.6 is 0 Å². The molecule has 4 aromatic rings. The van der Waals surface area contributed by atoms with Gasteiger partial charge in [0, 0.05) is 36.3 Å². The van der Waals surface area contributed by atoms with E-state index in [2.05, 4.69) is 43.6 Å². The summed E-state index contributed by atoms with van der Waals surface area (Å²) in [6, 6.07) is 2.08. The summed E-state index contributed by atoms with van der Waals surface area (Å²) in [5.74, 6) is 0.831. The van der Waals surface area contributed by atoms with Crippen LogP contribution in [-0.2, 0) is 19.3 Å². The lowest BCUT2D eigenvalue weighted by molar-refractivity contribution is 0.805. The van der Waals surface area contributed by atoms with Crippen LogP contribution in [0.3, 0.4) is 0 Å². The molecule has 0 atom stereocenters. The molecule has 4 aromatic heterocycles. The summed E-state index contributed by atoms with van der Waals surface area (Å²) in [5, 5.41) is 4.65. The minimum absolute atomic E-state index is 0.756. The Morgan fingerprint density at radius 3 is 2.81 bits per heavy atom. The number of aliphatic imine (C=N–C) groups is 1. The van der Waals surface area contributed by atoms with Gasteiger partial charge in [0.15, 0.2) is 11.5 Å². The van der Waals surface area contributed by atoms with E-state index in [9.17, 15) is 0 Å². The average molecular weight is 359 g/mol. The molecule has 1 aliphatic heterocycles. The maximum Gasteiger partial charge on any atom is 0.177 e. The largest absolute Gasteiger partial charge is 0.304 e. The second-order valence-electron chi connectivity index (χ2n) is 7.12. The van der Waals surface area contributed by atoms with Gasteiger partial charge in [-0.2, -0.15) is 5.10 Å². The number of aryl methyl sites for hydroxylation is 6. The maximum atomic E-state index is 4.94. The number of hydrogen-bond acceptors (Lipinski definition) is 5. The average Bonchev–Trinajstić information content (AvgIpc) is 3.26. The Kier molecular flexibility index (Phi) is 3.56. The van der Waals surface area contributed by atoms with Gasteiger partial charge < -0.3 is 4.40 Å².